The number of amides is 1. The molecule has 2 aromatic carbocycles. The van der Waals surface area contributed by atoms with Crippen LogP contribution < -0.4 is 20.3 Å². The van der Waals surface area contributed by atoms with Gasteiger partial charge in [-0.2, -0.15) is 21.9 Å². The Morgan fingerprint density at radius 3 is 2.64 bits per heavy atom. The molecule has 0 spiro atoms. The number of ether oxygens (including phenoxy) is 1. The molecule has 1 amide bonds. The first-order valence-corrected chi connectivity index (χ1v) is 17.3. The average Bonchev–Trinajstić information content (AvgIpc) is 3.50. The molecule has 1 fully saturated rings. The molecule has 15 nitrogen and oxygen atoms in total. The maximum absolute atomic E-state index is 13.5. The van der Waals surface area contributed by atoms with E-state index in [-0.39, 0.29) is 41.7 Å². The van der Waals surface area contributed by atoms with Gasteiger partial charge in [-0.05, 0) is 42.5 Å². The van der Waals surface area contributed by atoms with Crippen molar-refractivity contribution < 1.29 is 31.5 Å². The maximum atomic E-state index is 13.5. The molecule has 18 heteroatoms. The van der Waals surface area contributed by atoms with Crippen molar-refractivity contribution in [3.05, 3.63) is 81.7 Å². The topological polar surface area (TPSA) is 211 Å². The molecule has 2 aromatic heterocycles. The SMILES string of the molecule is O=C(NS(=O)(=O)Nc1ccc2c(c1)S(=O)(=O)N=C(c1c(O)c(-c3cncs3)nn(CC3CCC3)c1=O)N2)OCc1ccccc1. The monoisotopic (exact) mass is 671 g/mol. The second-order valence-electron chi connectivity index (χ2n) is 10.2. The molecule has 6 rings (SSSR count). The van der Waals surface area contributed by atoms with Crippen molar-refractivity contribution >= 4 is 54.9 Å². The van der Waals surface area contributed by atoms with Gasteiger partial charge in [-0.25, -0.2) is 14.2 Å². The minimum absolute atomic E-state index is 0.0290. The Morgan fingerprint density at radius 1 is 1.18 bits per heavy atom. The Hall–Kier alpha value is -4.81. The molecular formula is C27H25N7O8S3. The molecule has 0 bridgehead atoms. The van der Waals surface area contributed by atoms with Gasteiger partial charge in [-0.15, -0.1) is 15.7 Å². The van der Waals surface area contributed by atoms with Crippen molar-refractivity contribution in [1.82, 2.24) is 19.5 Å². The van der Waals surface area contributed by atoms with Crippen LogP contribution in [0.5, 0.6) is 5.75 Å². The van der Waals surface area contributed by atoms with E-state index in [1.54, 1.807) is 35.1 Å². The zero-order chi connectivity index (χ0) is 31.8. The first kappa shape index (κ1) is 30.2. The minimum atomic E-state index is -4.52. The van der Waals surface area contributed by atoms with Crippen LogP contribution in [0.3, 0.4) is 0 Å². The van der Waals surface area contributed by atoms with Gasteiger partial charge >= 0.3 is 16.3 Å². The third-order valence-corrected chi connectivity index (χ3v) is 10.1. The van der Waals surface area contributed by atoms with Gasteiger partial charge in [0.2, 0.25) is 0 Å². The molecule has 1 aliphatic carbocycles. The number of aromatic hydroxyl groups is 1. The van der Waals surface area contributed by atoms with Gasteiger partial charge in [-0.3, -0.25) is 14.5 Å². The van der Waals surface area contributed by atoms with Crippen molar-refractivity contribution in [3.63, 3.8) is 0 Å². The average molecular weight is 672 g/mol. The van der Waals surface area contributed by atoms with E-state index >= 15 is 0 Å². The standard InChI is InChI=1S/C27H25N7O8S3/c35-24-22(26(36)34(13-16-7-4-8-16)30-23(24)20-12-28-15-43-20)25-29-19-10-9-18(11-21(19)44(38,39)32-25)31-45(40,41)33-27(37)42-14-17-5-2-1-3-6-17/h1-3,5-6,9-12,15-16,31,35H,4,7-8,13-14H2,(H,29,32)(H,33,37). The first-order valence-electron chi connectivity index (χ1n) is 13.5. The smallest absolute Gasteiger partial charge is 0.422 e. The van der Waals surface area contributed by atoms with E-state index in [9.17, 15) is 31.5 Å². The van der Waals surface area contributed by atoms with Crippen molar-refractivity contribution in [1.29, 1.82) is 0 Å². The maximum Gasteiger partial charge on any atom is 0.422 e. The van der Waals surface area contributed by atoms with Gasteiger partial charge in [0.1, 0.15) is 22.8 Å². The van der Waals surface area contributed by atoms with Gasteiger partial charge < -0.3 is 15.2 Å². The van der Waals surface area contributed by atoms with Crippen molar-refractivity contribution in [2.24, 2.45) is 10.3 Å². The van der Waals surface area contributed by atoms with Gasteiger partial charge in [0.05, 0.1) is 21.8 Å². The van der Waals surface area contributed by atoms with Gasteiger partial charge in [-0.1, -0.05) is 36.8 Å². The Morgan fingerprint density at radius 2 is 1.96 bits per heavy atom. The van der Waals surface area contributed by atoms with E-state index in [1.807, 2.05) is 0 Å². The number of anilines is 2. The first-order chi connectivity index (χ1) is 21.5. The molecule has 0 radical (unpaired) electrons. The number of hydrogen-bond acceptors (Lipinski definition) is 12. The van der Waals surface area contributed by atoms with Crippen molar-refractivity contribution in [2.45, 2.75) is 37.3 Å². The lowest BCUT2D eigenvalue weighted by molar-refractivity contribution is 0.146. The largest absolute Gasteiger partial charge is 0.505 e. The number of carbonyl (C=O) groups is 1. The Bertz CT molecular complexity index is 2080. The molecule has 234 valence electrons. The number of carbonyl (C=O) groups excluding carboxylic acids is 1. The third-order valence-electron chi connectivity index (χ3n) is 7.10. The second-order valence-corrected chi connectivity index (χ2v) is 14.1. The highest BCUT2D eigenvalue weighted by molar-refractivity contribution is 7.91. The lowest BCUT2D eigenvalue weighted by Gasteiger charge is -2.26. The summed E-state index contributed by atoms with van der Waals surface area (Å²) in [7, 11) is -9.04. The quantitative estimate of drug-likeness (QED) is 0.203. The van der Waals surface area contributed by atoms with E-state index in [2.05, 4.69) is 24.5 Å². The Kier molecular flexibility index (Phi) is 8.02. The number of sulfonamides is 1. The highest BCUT2D eigenvalue weighted by atomic mass is 32.2. The summed E-state index contributed by atoms with van der Waals surface area (Å²) in [6.07, 6.45) is 3.08. The summed E-state index contributed by atoms with van der Waals surface area (Å²) in [5, 5.41) is 18.3. The molecular weight excluding hydrogens is 647 g/mol. The van der Waals surface area contributed by atoms with Crippen LogP contribution in [0.25, 0.3) is 10.6 Å². The highest BCUT2D eigenvalue weighted by Gasteiger charge is 2.32. The zero-order valence-corrected chi connectivity index (χ0v) is 25.7. The van der Waals surface area contributed by atoms with E-state index in [0.29, 0.717) is 10.4 Å². The molecule has 1 aliphatic heterocycles. The lowest BCUT2D eigenvalue weighted by Crippen LogP contribution is -2.36. The molecule has 3 heterocycles. The second kappa shape index (κ2) is 11.9. The molecule has 2 aliphatic rings. The number of amidine groups is 1. The van der Waals surface area contributed by atoms with Crippen LogP contribution in [0, 0.1) is 5.92 Å². The number of aromatic nitrogens is 3. The van der Waals surface area contributed by atoms with Crippen LogP contribution in [-0.2, 0) is 38.1 Å². The normalized spacial score (nSPS) is 15.6. The van der Waals surface area contributed by atoms with E-state index in [4.69, 9.17) is 4.74 Å². The lowest BCUT2D eigenvalue weighted by atomic mass is 9.85. The predicted molar refractivity (Wildman–Crippen MR) is 165 cm³/mol. The number of fused-ring (bicyclic) bond motifs is 1. The van der Waals surface area contributed by atoms with Gasteiger partial charge in [0.25, 0.3) is 15.6 Å². The summed E-state index contributed by atoms with van der Waals surface area (Å²) < 4.78 is 65.4. The van der Waals surface area contributed by atoms with Crippen LogP contribution >= 0.6 is 11.3 Å². The van der Waals surface area contributed by atoms with E-state index in [0.717, 1.165) is 25.3 Å². The summed E-state index contributed by atoms with van der Waals surface area (Å²) in [4.78, 5) is 29.6. The van der Waals surface area contributed by atoms with Gasteiger partial charge in [0.15, 0.2) is 11.6 Å². The molecule has 1 saturated carbocycles. The summed E-state index contributed by atoms with van der Waals surface area (Å²) in [6.45, 7) is 0.113. The number of benzene rings is 2. The molecule has 4 aromatic rings. The van der Waals surface area contributed by atoms with Gasteiger partial charge in [0, 0.05) is 12.7 Å². The van der Waals surface area contributed by atoms with Crippen LogP contribution in [-0.4, -0.2) is 48.6 Å². The Labute approximate surface area is 260 Å². The number of hydrogen-bond donors (Lipinski definition) is 4. The zero-order valence-electron chi connectivity index (χ0n) is 23.2. The highest BCUT2D eigenvalue weighted by Crippen LogP contribution is 2.36. The summed E-state index contributed by atoms with van der Waals surface area (Å²) in [5.74, 6) is -0.764. The molecule has 0 atom stereocenters. The fraction of sp³-hybridized carbons (Fsp3) is 0.222. The van der Waals surface area contributed by atoms with Crippen LogP contribution in [0.15, 0.2) is 74.3 Å². The summed E-state index contributed by atoms with van der Waals surface area (Å²) >= 11 is 1.18. The third kappa shape index (κ3) is 6.52. The van der Waals surface area contributed by atoms with Crippen LogP contribution in [0.1, 0.15) is 30.4 Å². The summed E-state index contributed by atoms with van der Waals surface area (Å²) in [6, 6.07) is 12.1. The minimum Gasteiger partial charge on any atom is -0.505 e. The number of rotatable bonds is 9. The van der Waals surface area contributed by atoms with Crippen molar-refractivity contribution in [3.8, 4) is 16.3 Å². The number of nitrogens with one attached hydrogen (secondary N) is 3. The molecule has 4 N–H and O–H groups in total. The molecule has 0 saturated heterocycles. The number of nitrogens with zero attached hydrogens (tertiary/aromatic N) is 4. The molecule has 0 unspecified atom stereocenters. The number of thiazole rings is 1. The van der Waals surface area contributed by atoms with Crippen LogP contribution in [0.4, 0.5) is 16.2 Å². The van der Waals surface area contributed by atoms with E-state index < -0.39 is 48.4 Å². The fourth-order valence-corrected chi connectivity index (χ4v) is 7.21. The van der Waals surface area contributed by atoms with Crippen molar-refractivity contribution in [2.75, 3.05) is 10.0 Å². The summed E-state index contributed by atoms with van der Waals surface area (Å²) in [5.41, 5.74) is 0.879. The Balaban J connectivity index is 1.26. The van der Waals surface area contributed by atoms with E-state index in [1.165, 1.54) is 39.9 Å². The fourth-order valence-electron chi connectivity index (χ4n) is 4.69. The molecule has 45 heavy (non-hydrogen) atoms. The predicted octanol–water partition coefficient (Wildman–Crippen LogP) is 3.02. The van der Waals surface area contributed by atoms with Crippen LogP contribution in [0.2, 0.25) is 0 Å².